The van der Waals surface area contributed by atoms with E-state index in [2.05, 4.69) is 0 Å². The van der Waals surface area contributed by atoms with Crippen LogP contribution in [0.5, 0.6) is 0 Å². The van der Waals surface area contributed by atoms with E-state index in [0.29, 0.717) is 13.2 Å². The Bertz CT molecular complexity index is 183. The molecule has 0 radical (unpaired) electrons. The molecule has 1 heterocycles. The molecular formula is C8H14O3Si. The molecule has 0 N–H and O–H groups in total. The molecule has 0 saturated carbocycles. The standard InChI is InChI=1S/C8H14O3Si/c1-3-9-12(10-4-2)8-6-5-7-11-12/h5-8H,3-4H2,1-2H3. The molecule has 0 atom stereocenters. The van der Waals surface area contributed by atoms with E-state index >= 15 is 0 Å². The first-order valence-electron chi connectivity index (χ1n) is 4.13. The van der Waals surface area contributed by atoms with Gasteiger partial charge in [0.2, 0.25) is 0 Å². The molecular weight excluding hydrogens is 172 g/mol. The molecule has 0 saturated heterocycles. The molecule has 4 heteroatoms. The predicted octanol–water partition coefficient (Wildman–Crippen LogP) is 1.64. The normalized spacial score (nSPS) is 19.2. The van der Waals surface area contributed by atoms with E-state index in [9.17, 15) is 0 Å². The lowest BCUT2D eigenvalue weighted by molar-refractivity contribution is 0.113. The minimum absolute atomic E-state index is 0.615. The quantitative estimate of drug-likeness (QED) is 0.625. The third kappa shape index (κ3) is 2.20. The van der Waals surface area contributed by atoms with Crippen molar-refractivity contribution in [3.8, 4) is 0 Å². The monoisotopic (exact) mass is 186 g/mol. The highest BCUT2D eigenvalue weighted by atomic mass is 28.4. The highest BCUT2D eigenvalue weighted by Crippen LogP contribution is 2.15. The Morgan fingerprint density at radius 3 is 2.25 bits per heavy atom. The zero-order valence-corrected chi connectivity index (χ0v) is 8.45. The summed E-state index contributed by atoms with van der Waals surface area (Å²) in [5.74, 6) is 0. The second-order valence-electron chi connectivity index (χ2n) is 2.28. The maximum absolute atomic E-state index is 5.47. The predicted molar refractivity (Wildman–Crippen MR) is 48.4 cm³/mol. The Morgan fingerprint density at radius 2 is 1.83 bits per heavy atom. The van der Waals surface area contributed by atoms with Crippen molar-refractivity contribution in [2.24, 2.45) is 0 Å². The van der Waals surface area contributed by atoms with Gasteiger partial charge in [-0.3, -0.25) is 0 Å². The van der Waals surface area contributed by atoms with E-state index in [-0.39, 0.29) is 0 Å². The van der Waals surface area contributed by atoms with Crippen molar-refractivity contribution in [2.45, 2.75) is 13.8 Å². The van der Waals surface area contributed by atoms with Gasteiger partial charge in [-0.1, -0.05) is 6.08 Å². The molecule has 1 aliphatic rings. The van der Waals surface area contributed by atoms with Crippen molar-refractivity contribution in [3.63, 3.8) is 0 Å². The van der Waals surface area contributed by atoms with Gasteiger partial charge in [-0.2, -0.15) is 0 Å². The molecule has 0 aromatic heterocycles. The Kier molecular flexibility index (Phi) is 3.52. The van der Waals surface area contributed by atoms with Crippen molar-refractivity contribution < 1.29 is 13.3 Å². The van der Waals surface area contributed by atoms with Gasteiger partial charge in [0, 0.05) is 13.2 Å². The number of rotatable bonds is 4. The largest absolute Gasteiger partial charge is 0.594 e. The summed E-state index contributed by atoms with van der Waals surface area (Å²) in [5, 5.41) is 0. The van der Waals surface area contributed by atoms with Gasteiger partial charge >= 0.3 is 8.80 Å². The van der Waals surface area contributed by atoms with Crippen LogP contribution in [0.4, 0.5) is 0 Å². The van der Waals surface area contributed by atoms with Crippen LogP contribution in [0.3, 0.4) is 0 Å². The Hall–Kier alpha value is -0.583. The molecule has 0 aromatic rings. The zero-order chi connectivity index (χ0) is 8.86. The fourth-order valence-electron chi connectivity index (χ4n) is 1.00. The Morgan fingerprint density at radius 1 is 1.17 bits per heavy atom. The summed E-state index contributed by atoms with van der Waals surface area (Å²) in [4.78, 5) is 0. The zero-order valence-electron chi connectivity index (χ0n) is 7.45. The van der Waals surface area contributed by atoms with Crippen LogP contribution in [0.2, 0.25) is 0 Å². The smallest absolute Gasteiger partial charge is 0.505 e. The molecule has 1 aliphatic heterocycles. The van der Waals surface area contributed by atoms with Crippen LogP contribution in [0, 0.1) is 0 Å². The van der Waals surface area contributed by atoms with Gasteiger partial charge < -0.3 is 13.3 Å². The summed E-state index contributed by atoms with van der Waals surface area (Å²) < 4.78 is 16.3. The average Bonchev–Trinajstić information content (AvgIpc) is 2.07. The number of hydrogen-bond donors (Lipinski definition) is 0. The SMILES string of the molecule is CCO[Si]1(OCC)C=CC=CO1. The first kappa shape index (κ1) is 9.50. The van der Waals surface area contributed by atoms with Gasteiger partial charge in [-0.25, -0.2) is 0 Å². The van der Waals surface area contributed by atoms with E-state index in [0.717, 1.165) is 0 Å². The van der Waals surface area contributed by atoms with E-state index in [1.54, 1.807) is 6.26 Å². The molecule has 1 rings (SSSR count). The summed E-state index contributed by atoms with van der Waals surface area (Å²) in [7, 11) is -2.45. The highest BCUT2D eigenvalue weighted by molar-refractivity contribution is 6.66. The third-order valence-electron chi connectivity index (χ3n) is 1.41. The van der Waals surface area contributed by atoms with Gasteiger partial charge in [-0.15, -0.1) is 0 Å². The Balaban J connectivity index is 2.59. The maximum Gasteiger partial charge on any atom is 0.594 e. The van der Waals surface area contributed by atoms with Gasteiger partial charge in [0.1, 0.15) is 0 Å². The summed E-state index contributed by atoms with van der Waals surface area (Å²) in [6.45, 7) is 5.10. The summed E-state index contributed by atoms with van der Waals surface area (Å²) >= 11 is 0. The van der Waals surface area contributed by atoms with E-state index in [1.165, 1.54) is 0 Å². The van der Waals surface area contributed by atoms with Crippen molar-refractivity contribution in [2.75, 3.05) is 13.2 Å². The van der Waals surface area contributed by atoms with Gasteiger partial charge in [0.05, 0.1) is 6.26 Å². The van der Waals surface area contributed by atoms with Crippen LogP contribution < -0.4 is 0 Å². The fraction of sp³-hybridized carbons (Fsp3) is 0.500. The molecule has 0 fully saturated rings. The van der Waals surface area contributed by atoms with E-state index < -0.39 is 8.80 Å². The summed E-state index contributed by atoms with van der Waals surface area (Å²) in [5.41, 5.74) is 1.89. The van der Waals surface area contributed by atoms with Crippen LogP contribution >= 0.6 is 0 Å². The van der Waals surface area contributed by atoms with Crippen molar-refractivity contribution in [1.82, 2.24) is 0 Å². The Labute approximate surface area is 74.0 Å². The molecule has 0 aromatic carbocycles. The summed E-state index contributed by atoms with van der Waals surface area (Å²) in [6.07, 6.45) is 5.35. The lowest BCUT2D eigenvalue weighted by Gasteiger charge is -2.25. The van der Waals surface area contributed by atoms with Crippen LogP contribution in [0.25, 0.3) is 0 Å². The lowest BCUT2D eigenvalue weighted by atomic mass is 10.6. The molecule has 12 heavy (non-hydrogen) atoms. The van der Waals surface area contributed by atoms with Crippen LogP contribution in [-0.2, 0) is 13.3 Å². The topological polar surface area (TPSA) is 27.7 Å². The third-order valence-corrected chi connectivity index (χ3v) is 3.86. The van der Waals surface area contributed by atoms with Crippen LogP contribution in [0.1, 0.15) is 13.8 Å². The minimum atomic E-state index is -2.45. The fourth-order valence-corrected chi connectivity index (χ4v) is 2.91. The first-order valence-corrected chi connectivity index (χ1v) is 5.93. The second-order valence-corrected chi connectivity index (χ2v) is 4.63. The molecule has 0 unspecified atom stereocenters. The lowest BCUT2D eigenvalue weighted by Crippen LogP contribution is -2.43. The van der Waals surface area contributed by atoms with Crippen molar-refractivity contribution in [1.29, 1.82) is 0 Å². The average molecular weight is 186 g/mol. The van der Waals surface area contributed by atoms with Gasteiger partial charge in [-0.05, 0) is 25.6 Å². The van der Waals surface area contributed by atoms with Crippen LogP contribution in [-0.4, -0.2) is 22.0 Å². The van der Waals surface area contributed by atoms with E-state index in [4.69, 9.17) is 13.3 Å². The highest BCUT2D eigenvalue weighted by Gasteiger charge is 2.39. The second kappa shape index (κ2) is 4.44. The van der Waals surface area contributed by atoms with Crippen molar-refractivity contribution >= 4 is 8.80 Å². The minimum Gasteiger partial charge on any atom is -0.505 e. The summed E-state index contributed by atoms with van der Waals surface area (Å²) in [6, 6.07) is 0. The van der Waals surface area contributed by atoms with E-state index in [1.807, 2.05) is 31.7 Å². The molecule has 3 nitrogen and oxygen atoms in total. The number of hydrogen-bond acceptors (Lipinski definition) is 3. The molecule has 0 aliphatic carbocycles. The van der Waals surface area contributed by atoms with Crippen LogP contribution in [0.15, 0.2) is 24.1 Å². The van der Waals surface area contributed by atoms with Gasteiger partial charge in [0.25, 0.3) is 0 Å². The number of allylic oxidation sites excluding steroid dienone is 2. The first-order chi connectivity index (χ1) is 5.83. The maximum atomic E-state index is 5.47. The molecule has 0 bridgehead atoms. The molecule has 0 amide bonds. The molecule has 68 valence electrons. The van der Waals surface area contributed by atoms with Crippen molar-refractivity contribution in [3.05, 3.63) is 24.1 Å². The molecule has 0 spiro atoms. The van der Waals surface area contributed by atoms with Gasteiger partial charge in [0.15, 0.2) is 0 Å².